The van der Waals surface area contributed by atoms with E-state index in [1.807, 2.05) is 30.3 Å². The fourth-order valence-electron chi connectivity index (χ4n) is 5.50. The molecule has 2 aliphatic rings. The molecule has 1 amide bonds. The Balaban J connectivity index is 1.52. The topological polar surface area (TPSA) is 38.8 Å². The van der Waals surface area contributed by atoms with Crippen LogP contribution in [0.15, 0.2) is 54.6 Å². The molecular weight excluding hydrogens is 374 g/mol. The molecule has 154 valence electrons. The Morgan fingerprint density at radius 1 is 0.967 bits per heavy atom. The summed E-state index contributed by atoms with van der Waals surface area (Å²) in [7, 11) is 3.39. The van der Waals surface area contributed by atoms with Crippen molar-refractivity contribution in [1.82, 2.24) is 4.90 Å². The summed E-state index contributed by atoms with van der Waals surface area (Å²) in [6.07, 6.45) is 3.98. The van der Waals surface area contributed by atoms with Crippen LogP contribution >= 0.6 is 0 Å². The Morgan fingerprint density at radius 3 is 2.63 bits per heavy atom. The number of amides is 1. The average Bonchev–Trinajstić information content (AvgIpc) is 2.81. The van der Waals surface area contributed by atoms with Crippen molar-refractivity contribution in [1.29, 1.82) is 0 Å². The average molecular weight is 402 g/mol. The molecule has 30 heavy (non-hydrogen) atoms. The molecule has 0 bridgehead atoms. The van der Waals surface area contributed by atoms with Crippen molar-refractivity contribution in [3.63, 3.8) is 0 Å². The van der Waals surface area contributed by atoms with Crippen LogP contribution in [0.1, 0.15) is 46.7 Å². The molecule has 3 aromatic carbocycles. The third-order valence-electron chi connectivity index (χ3n) is 6.83. The fraction of sp³-hybridized carbons (Fsp3) is 0.346. The highest BCUT2D eigenvalue weighted by molar-refractivity contribution is 6.07. The minimum Gasteiger partial charge on any atom is -0.493 e. The number of piperidine rings is 1. The van der Waals surface area contributed by atoms with Crippen molar-refractivity contribution in [3.05, 3.63) is 71.3 Å². The summed E-state index contributed by atoms with van der Waals surface area (Å²) in [6.45, 7) is 0.825. The van der Waals surface area contributed by atoms with Crippen molar-refractivity contribution in [2.75, 3.05) is 20.8 Å². The van der Waals surface area contributed by atoms with Gasteiger partial charge in [0.2, 0.25) is 0 Å². The number of carbonyl (C=O) groups is 1. The third kappa shape index (κ3) is 2.94. The van der Waals surface area contributed by atoms with Crippen LogP contribution < -0.4 is 9.47 Å². The van der Waals surface area contributed by atoms with Gasteiger partial charge in [-0.3, -0.25) is 4.79 Å². The summed E-state index contributed by atoms with van der Waals surface area (Å²) < 4.78 is 11.2. The SMILES string of the molecule is COc1ccc2c(c1OC)CC[C@@H]1C2CCCN1C(=O)c1cccc2ccccc12. The maximum Gasteiger partial charge on any atom is 0.254 e. The minimum atomic E-state index is 0.158. The highest BCUT2D eigenvalue weighted by Crippen LogP contribution is 2.46. The number of hydrogen-bond acceptors (Lipinski definition) is 3. The summed E-state index contributed by atoms with van der Waals surface area (Å²) >= 11 is 0. The molecule has 1 unspecified atom stereocenters. The number of benzene rings is 3. The minimum absolute atomic E-state index is 0.158. The second kappa shape index (κ2) is 7.67. The van der Waals surface area contributed by atoms with E-state index in [2.05, 4.69) is 29.2 Å². The summed E-state index contributed by atoms with van der Waals surface area (Å²) in [5.74, 6) is 2.15. The van der Waals surface area contributed by atoms with E-state index in [1.165, 1.54) is 11.1 Å². The van der Waals surface area contributed by atoms with Gasteiger partial charge in [-0.05, 0) is 54.2 Å². The van der Waals surface area contributed by atoms with Gasteiger partial charge < -0.3 is 14.4 Å². The quantitative estimate of drug-likeness (QED) is 0.606. The first-order chi connectivity index (χ1) is 14.7. The number of rotatable bonds is 3. The molecule has 4 nitrogen and oxygen atoms in total. The number of carbonyl (C=O) groups excluding carboxylic acids is 1. The van der Waals surface area contributed by atoms with Gasteiger partial charge in [0.25, 0.3) is 5.91 Å². The van der Waals surface area contributed by atoms with Gasteiger partial charge in [-0.25, -0.2) is 0 Å². The summed E-state index contributed by atoms with van der Waals surface area (Å²) in [5, 5.41) is 2.15. The number of likely N-dealkylation sites (tertiary alicyclic amines) is 1. The lowest BCUT2D eigenvalue weighted by atomic mass is 9.73. The standard InChI is InChI=1S/C26H27NO3/c1-29-24-15-13-19-20-11-6-16-27(23(20)14-12-21(19)25(24)30-2)26(28)22-10-5-8-17-7-3-4-9-18(17)22/h3-5,7-10,13,15,20,23H,6,11-12,14,16H2,1-2H3/t20?,23-/m1/s1. The molecular formula is C26H27NO3. The maximum absolute atomic E-state index is 13.7. The fourth-order valence-corrected chi connectivity index (χ4v) is 5.50. The van der Waals surface area contributed by atoms with Crippen LogP contribution in [0.4, 0.5) is 0 Å². The lowest BCUT2D eigenvalue weighted by Crippen LogP contribution is -2.49. The van der Waals surface area contributed by atoms with E-state index in [0.717, 1.165) is 60.1 Å². The Labute approximate surface area is 177 Å². The van der Waals surface area contributed by atoms with Gasteiger partial charge in [-0.1, -0.05) is 42.5 Å². The lowest BCUT2D eigenvalue weighted by Gasteiger charge is -2.45. The molecule has 1 fully saturated rings. The Morgan fingerprint density at radius 2 is 1.80 bits per heavy atom. The highest BCUT2D eigenvalue weighted by atomic mass is 16.5. The number of hydrogen-bond donors (Lipinski definition) is 0. The molecule has 1 heterocycles. The van der Waals surface area contributed by atoms with E-state index >= 15 is 0 Å². The van der Waals surface area contributed by atoms with E-state index in [9.17, 15) is 4.79 Å². The van der Waals surface area contributed by atoms with Crippen LogP contribution in [-0.2, 0) is 6.42 Å². The van der Waals surface area contributed by atoms with Crippen molar-refractivity contribution in [2.45, 2.75) is 37.6 Å². The maximum atomic E-state index is 13.7. The van der Waals surface area contributed by atoms with Gasteiger partial charge in [0.15, 0.2) is 11.5 Å². The Kier molecular flexibility index (Phi) is 4.86. The van der Waals surface area contributed by atoms with E-state index in [0.29, 0.717) is 5.92 Å². The van der Waals surface area contributed by atoms with E-state index in [4.69, 9.17) is 9.47 Å². The molecule has 3 aromatic rings. The van der Waals surface area contributed by atoms with Gasteiger partial charge in [0.1, 0.15) is 0 Å². The second-order valence-corrected chi connectivity index (χ2v) is 8.25. The van der Waals surface area contributed by atoms with Crippen molar-refractivity contribution >= 4 is 16.7 Å². The highest BCUT2D eigenvalue weighted by Gasteiger charge is 2.40. The van der Waals surface area contributed by atoms with Gasteiger partial charge >= 0.3 is 0 Å². The second-order valence-electron chi connectivity index (χ2n) is 8.25. The predicted octanol–water partition coefficient (Wildman–Crippen LogP) is 5.19. The van der Waals surface area contributed by atoms with Gasteiger partial charge in [-0.2, -0.15) is 0 Å². The first-order valence-corrected chi connectivity index (χ1v) is 10.8. The number of ether oxygens (including phenoxy) is 2. The van der Waals surface area contributed by atoms with Crippen LogP contribution in [0, 0.1) is 0 Å². The van der Waals surface area contributed by atoms with Crippen molar-refractivity contribution in [2.24, 2.45) is 0 Å². The van der Waals surface area contributed by atoms with Crippen LogP contribution in [0.2, 0.25) is 0 Å². The van der Waals surface area contributed by atoms with Crippen molar-refractivity contribution in [3.8, 4) is 11.5 Å². The Hall–Kier alpha value is -3.01. The zero-order chi connectivity index (χ0) is 20.7. The largest absolute Gasteiger partial charge is 0.493 e. The molecule has 4 heteroatoms. The van der Waals surface area contributed by atoms with Crippen LogP contribution in [0.3, 0.4) is 0 Å². The first kappa shape index (κ1) is 19.0. The normalized spacial score (nSPS) is 20.4. The van der Waals surface area contributed by atoms with Gasteiger partial charge in [0, 0.05) is 29.6 Å². The lowest BCUT2D eigenvalue weighted by molar-refractivity contribution is 0.0548. The molecule has 2 atom stereocenters. The predicted molar refractivity (Wildman–Crippen MR) is 119 cm³/mol. The van der Waals surface area contributed by atoms with E-state index in [-0.39, 0.29) is 11.9 Å². The van der Waals surface area contributed by atoms with Crippen molar-refractivity contribution < 1.29 is 14.3 Å². The van der Waals surface area contributed by atoms with E-state index in [1.54, 1.807) is 14.2 Å². The van der Waals surface area contributed by atoms with Crippen LogP contribution in [0.5, 0.6) is 11.5 Å². The summed E-state index contributed by atoms with van der Waals surface area (Å²) in [5.41, 5.74) is 3.38. The summed E-state index contributed by atoms with van der Waals surface area (Å²) in [6, 6.07) is 18.6. The Bertz CT molecular complexity index is 1100. The molecule has 1 aliphatic heterocycles. The molecule has 0 saturated carbocycles. The van der Waals surface area contributed by atoms with Crippen LogP contribution in [-0.4, -0.2) is 37.6 Å². The third-order valence-corrected chi connectivity index (χ3v) is 6.83. The molecule has 0 aromatic heterocycles. The molecule has 0 spiro atoms. The zero-order valence-corrected chi connectivity index (χ0v) is 17.6. The van der Waals surface area contributed by atoms with E-state index < -0.39 is 0 Å². The van der Waals surface area contributed by atoms with Crippen LogP contribution in [0.25, 0.3) is 10.8 Å². The number of nitrogens with zero attached hydrogens (tertiary/aromatic N) is 1. The monoisotopic (exact) mass is 401 g/mol. The summed E-state index contributed by atoms with van der Waals surface area (Å²) in [4.78, 5) is 15.8. The number of methoxy groups -OCH3 is 2. The molecule has 1 aliphatic carbocycles. The van der Waals surface area contributed by atoms with Gasteiger partial charge in [0.05, 0.1) is 14.2 Å². The molecule has 1 saturated heterocycles. The number of fused-ring (bicyclic) bond motifs is 4. The first-order valence-electron chi connectivity index (χ1n) is 10.8. The molecule has 5 rings (SSSR count). The molecule has 0 radical (unpaired) electrons. The van der Waals surface area contributed by atoms with Gasteiger partial charge in [-0.15, -0.1) is 0 Å². The smallest absolute Gasteiger partial charge is 0.254 e. The zero-order valence-electron chi connectivity index (χ0n) is 17.6. The molecule has 0 N–H and O–H groups in total.